The second-order valence-corrected chi connectivity index (χ2v) is 5.19. The number of nitro groups is 1. The van der Waals surface area contributed by atoms with E-state index in [0.29, 0.717) is 12.8 Å². The Hall–Kier alpha value is -1.71. The number of rotatable bonds is 14. The van der Waals surface area contributed by atoms with Gasteiger partial charge < -0.3 is 0 Å². The van der Waals surface area contributed by atoms with Gasteiger partial charge in [-0.3, -0.25) is 14.9 Å². The lowest BCUT2D eigenvalue weighted by atomic mass is 10.1. The van der Waals surface area contributed by atoms with Gasteiger partial charge in [0.2, 0.25) is 5.70 Å². The maximum absolute atomic E-state index is 11.0. The van der Waals surface area contributed by atoms with Crippen LogP contribution in [0, 0.1) is 10.1 Å². The van der Waals surface area contributed by atoms with Gasteiger partial charge in [-0.2, -0.15) is 0 Å². The van der Waals surface area contributed by atoms with E-state index >= 15 is 0 Å². The van der Waals surface area contributed by atoms with Gasteiger partial charge in [-0.25, -0.2) is 0 Å². The molecule has 0 heterocycles. The highest BCUT2D eigenvalue weighted by Crippen LogP contribution is 2.11. The summed E-state index contributed by atoms with van der Waals surface area (Å²) in [7, 11) is 0. The maximum Gasteiger partial charge on any atom is 0.246 e. The number of unbranched alkanes of at least 4 members (excludes halogenated alkanes) is 6. The summed E-state index contributed by atoms with van der Waals surface area (Å²) in [6.45, 7) is 2.08. The summed E-state index contributed by atoms with van der Waals surface area (Å²) < 4.78 is 0. The number of nitrogens with zero attached hydrogens (tertiary/aromatic N) is 1. The predicted octanol–water partition coefficient (Wildman–Crippen LogP) is 5.29. The SMILES string of the molecule is CC/C=C/C/C=C/C/C(=C/CCCCCCC[C]=O)[N+](=O)[O-]. The van der Waals surface area contributed by atoms with Crippen LogP contribution in [0.2, 0.25) is 0 Å². The Bertz CT molecular complexity index is 384. The first-order valence-electron chi connectivity index (χ1n) is 8.20. The quantitative estimate of drug-likeness (QED) is 0.189. The summed E-state index contributed by atoms with van der Waals surface area (Å²) >= 11 is 0. The molecule has 0 aromatic heterocycles. The average molecular weight is 306 g/mol. The molecule has 0 spiro atoms. The van der Waals surface area contributed by atoms with E-state index in [2.05, 4.69) is 19.1 Å². The van der Waals surface area contributed by atoms with Crippen LogP contribution in [0.25, 0.3) is 0 Å². The zero-order valence-corrected chi connectivity index (χ0v) is 13.6. The van der Waals surface area contributed by atoms with Gasteiger partial charge in [0.1, 0.15) is 0 Å². The molecular formula is C18H28NO3. The van der Waals surface area contributed by atoms with Crippen LogP contribution in [0.3, 0.4) is 0 Å². The largest absolute Gasteiger partial charge is 0.291 e. The van der Waals surface area contributed by atoms with Crippen molar-refractivity contribution in [3.63, 3.8) is 0 Å². The first kappa shape index (κ1) is 20.3. The highest BCUT2D eigenvalue weighted by atomic mass is 16.6. The van der Waals surface area contributed by atoms with Gasteiger partial charge in [0.05, 0.1) is 11.3 Å². The molecule has 0 rings (SSSR count). The molecule has 0 bridgehead atoms. The van der Waals surface area contributed by atoms with E-state index in [1.54, 1.807) is 6.08 Å². The minimum Gasteiger partial charge on any atom is -0.291 e. The van der Waals surface area contributed by atoms with Crippen LogP contribution in [0.4, 0.5) is 0 Å². The predicted molar refractivity (Wildman–Crippen MR) is 90.9 cm³/mol. The molecule has 0 aliphatic heterocycles. The molecule has 0 aromatic rings. The summed E-state index contributed by atoms with van der Waals surface area (Å²) in [6.07, 6.45) is 20.1. The molecule has 4 nitrogen and oxygen atoms in total. The molecule has 0 saturated carbocycles. The van der Waals surface area contributed by atoms with Gasteiger partial charge in [-0.05, 0) is 38.2 Å². The third-order valence-electron chi connectivity index (χ3n) is 3.27. The molecule has 0 aromatic carbocycles. The molecule has 0 atom stereocenters. The normalized spacial score (nSPS) is 12.3. The second-order valence-electron chi connectivity index (χ2n) is 5.19. The molecule has 0 unspecified atom stereocenters. The van der Waals surface area contributed by atoms with E-state index in [0.717, 1.165) is 51.4 Å². The van der Waals surface area contributed by atoms with Crippen molar-refractivity contribution in [3.05, 3.63) is 46.2 Å². The first-order chi connectivity index (χ1) is 10.7. The lowest BCUT2D eigenvalue weighted by molar-refractivity contribution is -0.427. The fourth-order valence-electron chi connectivity index (χ4n) is 2.01. The second kappa shape index (κ2) is 15.7. The molecule has 4 heteroatoms. The lowest BCUT2D eigenvalue weighted by Gasteiger charge is -1.98. The highest BCUT2D eigenvalue weighted by Gasteiger charge is 2.06. The Labute approximate surface area is 134 Å². The van der Waals surface area contributed by atoms with E-state index in [-0.39, 0.29) is 10.6 Å². The molecule has 0 amide bonds. The molecule has 0 saturated heterocycles. The van der Waals surface area contributed by atoms with Crippen LogP contribution >= 0.6 is 0 Å². The number of hydrogen-bond donors (Lipinski definition) is 0. The van der Waals surface area contributed by atoms with Crippen LogP contribution < -0.4 is 0 Å². The Morgan fingerprint density at radius 3 is 2.41 bits per heavy atom. The molecule has 0 aliphatic carbocycles. The molecule has 22 heavy (non-hydrogen) atoms. The van der Waals surface area contributed by atoms with Gasteiger partial charge in [-0.15, -0.1) is 0 Å². The van der Waals surface area contributed by atoms with E-state index in [4.69, 9.17) is 0 Å². The van der Waals surface area contributed by atoms with Gasteiger partial charge in [0, 0.05) is 6.42 Å². The molecule has 0 N–H and O–H groups in total. The first-order valence-corrected chi connectivity index (χ1v) is 8.20. The van der Waals surface area contributed by atoms with Crippen molar-refractivity contribution in [2.45, 2.75) is 71.1 Å². The average Bonchev–Trinajstić information content (AvgIpc) is 2.50. The van der Waals surface area contributed by atoms with Crippen LogP contribution in [0.15, 0.2) is 36.1 Å². The number of allylic oxidation sites excluding steroid dienone is 5. The van der Waals surface area contributed by atoms with Crippen molar-refractivity contribution < 1.29 is 9.72 Å². The van der Waals surface area contributed by atoms with Gasteiger partial charge >= 0.3 is 0 Å². The third-order valence-corrected chi connectivity index (χ3v) is 3.27. The van der Waals surface area contributed by atoms with Crippen molar-refractivity contribution in [2.75, 3.05) is 0 Å². The van der Waals surface area contributed by atoms with E-state index in [1.807, 2.05) is 18.4 Å². The standard InChI is InChI=1S/C18H28NO3/c1-2-3-4-5-9-12-15-18(19(21)22)16-13-10-7-6-8-11-14-17-20/h3-4,9,12,16H,2,5-8,10-11,13-15H2,1H3/b4-3+,12-9+,18-16-. The van der Waals surface area contributed by atoms with Crippen LogP contribution in [-0.4, -0.2) is 11.2 Å². The fourth-order valence-corrected chi connectivity index (χ4v) is 2.01. The minimum atomic E-state index is -0.286. The Morgan fingerprint density at radius 1 is 1.05 bits per heavy atom. The van der Waals surface area contributed by atoms with Crippen molar-refractivity contribution in [1.29, 1.82) is 0 Å². The highest BCUT2D eigenvalue weighted by molar-refractivity contribution is 5.50. The zero-order chi connectivity index (χ0) is 16.5. The smallest absolute Gasteiger partial charge is 0.246 e. The molecular weight excluding hydrogens is 278 g/mol. The van der Waals surface area contributed by atoms with Crippen molar-refractivity contribution in [2.24, 2.45) is 0 Å². The minimum absolute atomic E-state index is 0.284. The topological polar surface area (TPSA) is 60.2 Å². The summed E-state index contributed by atoms with van der Waals surface area (Å²) in [6, 6.07) is 0. The van der Waals surface area contributed by atoms with Crippen LogP contribution in [0.1, 0.15) is 71.1 Å². The van der Waals surface area contributed by atoms with Crippen LogP contribution in [0.5, 0.6) is 0 Å². The molecule has 0 aliphatic rings. The molecule has 1 radical (unpaired) electrons. The Kier molecular flexibility index (Phi) is 14.5. The van der Waals surface area contributed by atoms with E-state index in [9.17, 15) is 14.9 Å². The van der Waals surface area contributed by atoms with E-state index in [1.165, 1.54) is 0 Å². The lowest BCUT2D eigenvalue weighted by Crippen LogP contribution is -1.97. The zero-order valence-electron chi connectivity index (χ0n) is 13.6. The van der Waals surface area contributed by atoms with Crippen molar-refractivity contribution in [3.8, 4) is 0 Å². The summed E-state index contributed by atoms with van der Waals surface area (Å²) in [5.41, 5.74) is 0.284. The van der Waals surface area contributed by atoms with Gasteiger partial charge in [-0.1, -0.05) is 50.5 Å². The summed E-state index contributed by atoms with van der Waals surface area (Å²) in [5, 5.41) is 11.0. The van der Waals surface area contributed by atoms with Gasteiger partial charge in [0.25, 0.3) is 0 Å². The number of hydrogen-bond acceptors (Lipinski definition) is 3. The van der Waals surface area contributed by atoms with Crippen molar-refractivity contribution >= 4 is 6.29 Å². The Morgan fingerprint density at radius 2 is 1.73 bits per heavy atom. The van der Waals surface area contributed by atoms with Crippen LogP contribution in [-0.2, 0) is 4.79 Å². The molecule has 0 fully saturated rings. The number of carbonyl (C=O) groups excluding carboxylic acids is 1. The summed E-state index contributed by atoms with van der Waals surface area (Å²) in [5.74, 6) is 0. The fraction of sp³-hybridized carbons (Fsp3) is 0.611. The molecule has 123 valence electrons. The maximum atomic E-state index is 11.0. The monoisotopic (exact) mass is 306 g/mol. The third kappa shape index (κ3) is 13.3. The van der Waals surface area contributed by atoms with Crippen molar-refractivity contribution in [1.82, 2.24) is 0 Å². The van der Waals surface area contributed by atoms with Gasteiger partial charge in [0.15, 0.2) is 6.29 Å². The summed E-state index contributed by atoms with van der Waals surface area (Å²) in [4.78, 5) is 20.7. The Balaban J connectivity index is 3.89. The van der Waals surface area contributed by atoms with E-state index < -0.39 is 0 Å².